The fourth-order valence-corrected chi connectivity index (χ4v) is 2.48. The molecule has 0 saturated heterocycles. The summed E-state index contributed by atoms with van der Waals surface area (Å²) in [5.74, 6) is 1.39. The van der Waals surface area contributed by atoms with Crippen LogP contribution in [-0.2, 0) is 17.9 Å². The van der Waals surface area contributed by atoms with Crippen molar-refractivity contribution in [2.45, 2.75) is 33.4 Å². The second-order valence-electron chi connectivity index (χ2n) is 6.12. The van der Waals surface area contributed by atoms with E-state index in [0.717, 1.165) is 12.4 Å². The van der Waals surface area contributed by atoms with Crippen molar-refractivity contribution in [2.24, 2.45) is 5.92 Å². The van der Waals surface area contributed by atoms with E-state index < -0.39 is 0 Å². The number of amides is 1. The number of carbonyl (C=O) groups is 1. The highest BCUT2D eigenvalue weighted by Gasteiger charge is 2.16. The van der Waals surface area contributed by atoms with Gasteiger partial charge in [0.05, 0.1) is 6.54 Å². The summed E-state index contributed by atoms with van der Waals surface area (Å²) in [4.78, 5) is 18.6. The van der Waals surface area contributed by atoms with Crippen LogP contribution in [0, 0.1) is 5.92 Å². The third-order valence-corrected chi connectivity index (χ3v) is 3.61. The molecule has 0 unspecified atom stereocenters. The van der Waals surface area contributed by atoms with E-state index in [1.807, 2.05) is 29.3 Å². The lowest BCUT2D eigenvalue weighted by molar-refractivity contribution is -0.132. The summed E-state index contributed by atoms with van der Waals surface area (Å²) in [5.41, 5.74) is 1.22. The number of rotatable bonds is 8. The number of hydrogen-bond acceptors (Lipinski definition) is 2. The maximum atomic E-state index is 12.4. The number of imidazole rings is 1. The molecule has 1 aromatic heterocycles. The first-order chi connectivity index (χ1) is 11.1. The lowest BCUT2D eigenvalue weighted by atomic mass is 10.1. The monoisotopic (exact) mass is 311 g/mol. The smallest absolute Gasteiger partial charge is 0.223 e. The third kappa shape index (κ3) is 5.09. The molecule has 0 atom stereocenters. The minimum absolute atomic E-state index is 0.147. The summed E-state index contributed by atoms with van der Waals surface area (Å²) in [6.07, 6.45) is 6.06. The van der Waals surface area contributed by atoms with E-state index in [1.165, 1.54) is 5.56 Å². The SMILES string of the molecule is C=CCN(Cc1nccn1Cc1ccccc1)C(=O)CC(C)C. The molecule has 0 N–H and O–H groups in total. The molecular weight excluding hydrogens is 286 g/mol. The number of nitrogens with zero attached hydrogens (tertiary/aromatic N) is 3. The van der Waals surface area contributed by atoms with Gasteiger partial charge in [-0.3, -0.25) is 4.79 Å². The molecule has 4 heteroatoms. The summed E-state index contributed by atoms with van der Waals surface area (Å²) >= 11 is 0. The van der Waals surface area contributed by atoms with E-state index >= 15 is 0 Å². The van der Waals surface area contributed by atoms with Crippen LogP contribution in [0.1, 0.15) is 31.7 Å². The van der Waals surface area contributed by atoms with Crippen LogP contribution >= 0.6 is 0 Å². The Morgan fingerprint density at radius 1 is 1.35 bits per heavy atom. The van der Waals surface area contributed by atoms with E-state index in [0.29, 0.717) is 25.4 Å². The average Bonchev–Trinajstić information content (AvgIpc) is 2.94. The van der Waals surface area contributed by atoms with Gasteiger partial charge in [0.25, 0.3) is 0 Å². The van der Waals surface area contributed by atoms with Crippen molar-refractivity contribution < 1.29 is 4.79 Å². The predicted molar refractivity (Wildman–Crippen MR) is 92.8 cm³/mol. The van der Waals surface area contributed by atoms with E-state index in [9.17, 15) is 4.79 Å². The zero-order valence-electron chi connectivity index (χ0n) is 14.0. The van der Waals surface area contributed by atoms with Crippen molar-refractivity contribution in [3.8, 4) is 0 Å². The number of hydrogen-bond donors (Lipinski definition) is 0. The van der Waals surface area contributed by atoms with Crippen molar-refractivity contribution in [2.75, 3.05) is 6.54 Å². The van der Waals surface area contributed by atoms with Gasteiger partial charge in [-0.25, -0.2) is 4.98 Å². The zero-order valence-corrected chi connectivity index (χ0v) is 14.0. The molecule has 0 aliphatic carbocycles. The minimum Gasteiger partial charge on any atom is -0.332 e. The molecule has 2 rings (SSSR count). The molecule has 4 nitrogen and oxygen atoms in total. The first kappa shape index (κ1) is 17.0. The average molecular weight is 311 g/mol. The van der Waals surface area contributed by atoms with Gasteiger partial charge in [-0.2, -0.15) is 0 Å². The highest BCUT2D eigenvalue weighted by atomic mass is 16.2. The Hall–Kier alpha value is -2.36. The summed E-state index contributed by atoms with van der Waals surface area (Å²) in [5, 5.41) is 0. The normalized spacial score (nSPS) is 10.7. The van der Waals surface area contributed by atoms with Crippen LogP contribution in [0.2, 0.25) is 0 Å². The van der Waals surface area contributed by atoms with Crippen LogP contribution < -0.4 is 0 Å². The minimum atomic E-state index is 0.147. The van der Waals surface area contributed by atoms with Crippen LogP contribution in [0.5, 0.6) is 0 Å². The van der Waals surface area contributed by atoms with Crippen molar-refractivity contribution in [3.05, 3.63) is 66.8 Å². The second kappa shape index (κ2) is 8.32. The van der Waals surface area contributed by atoms with E-state index in [2.05, 4.69) is 42.1 Å². The molecule has 0 bridgehead atoms. The molecule has 2 aromatic rings. The van der Waals surface area contributed by atoms with Crippen LogP contribution in [-0.4, -0.2) is 26.9 Å². The maximum absolute atomic E-state index is 12.4. The molecule has 1 amide bonds. The van der Waals surface area contributed by atoms with Crippen LogP contribution in [0.3, 0.4) is 0 Å². The van der Waals surface area contributed by atoms with Gasteiger partial charge in [-0.05, 0) is 11.5 Å². The van der Waals surface area contributed by atoms with Gasteiger partial charge in [0.15, 0.2) is 0 Å². The lowest BCUT2D eigenvalue weighted by Gasteiger charge is -2.22. The number of aromatic nitrogens is 2. The van der Waals surface area contributed by atoms with Crippen LogP contribution in [0.15, 0.2) is 55.4 Å². The molecule has 23 heavy (non-hydrogen) atoms. The molecule has 0 aliphatic rings. The molecule has 0 aliphatic heterocycles. The fourth-order valence-electron chi connectivity index (χ4n) is 2.48. The van der Waals surface area contributed by atoms with Gasteiger partial charge in [0, 0.05) is 31.9 Å². The molecule has 0 radical (unpaired) electrons. The summed E-state index contributed by atoms with van der Waals surface area (Å²) < 4.78 is 2.09. The highest BCUT2D eigenvalue weighted by Crippen LogP contribution is 2.11. The largest absolute Gasteiger partial charge is 0.332 e. The molecule has 122 valence electrons. The van der Waals surface area contributed by atoms with E-state index in [4.69, 9.17) is 0 Å². The van der Waals surface area contributed by atoms with Crippen molar-refractivity contribution in [1.82, 2.24) is 14.5 Å². The van der Waals surface area contributed by atoms with Gasteiger partial charge >= 0.3 is 0 Å². The first-order valence-electron chi connectivity index (χ1n) is 8.02. The summed E-state index contributed by atoms with van der Waals surface area (Å²) in [6.45, 7) is 9.69. The predicted octanol–water partition coefficient (Wildman–Crippen LogP) is 3.49. The topological polar surface area (TPSA) is 38.1 Å². The number of benzene rings is 1. The Bertz CT molecular complexity index is 631. The first-order valence-corrected chi connectivity index (χ1v) is 8.02. The highest BCUT2D eigenvalue weighted by molar-refractivity contribution is 5.76. The maximum Gasteiger partial charge on any atom is 0.223 e. The fraction of sp³-hybridized carbons (Fsp3) is 0.368. The van der Waals surface area contributed by atoms with Gasteiger partial charge in [-0.15, -0.1) is 6.58 Å². The second-order valence-corrected chi connectivity index (χ2v) is 6.12. The van der Waals surface area contributed by atoms with Gasteiger partial charge in [0.2, 0.25) is 5.91 Å². The molecule has 0 saturated carbocycles. The van der Waals surface area contributed by atoms with Gasteiger partial charge in [-0.1, -0.05) is 50.3 Å². The Morgan fingerprint density at radius 3 is 2.74 bits per heavy atom. The summed E-state index contributed by atoms with van der Waals surface area (Å²) in [7, 11) is 0. The third-order valence-electron chi connectivity index (χ3n) is 3.61. The standard InChI is InChI=1S/C19H25N3O/c1-4-11-22(19(23)13-16(2)3)15-18-20-10-12-21(18)14-17-8-6-5-7-9-17/h4-10,12,16H,1,11,13-15H2,2-3H3. The molecule has 0 fully saturated rings. The lowest BCUT2D eigenvalue weighted by Crippen LogP contribution is -2.32. The Kier molecular flexibility index (Phi) is 6.15. The van der Waals surface area contributed by atoms with Gasteiger partial charge in [0.1, 0.15) is 5.82 Å². The molecule has 1 aromatic carbocycles. The molecule has 1 heterocycles. The van der Waals surface area contributed by atoms with E-state index in [1.54, 1.807) is 12.3 Å². The van der Waals surface area contributed by atoms with Crippen LogP contribution in [0.4, 0.5) is 0 Å². The van der Waals surface area contributed by atoms with Gasteiger partial charge < -0.3 is 9.47 Å². The van der Waals surface area contributed by atoms with Crippen molar-refractivity contribution >= 4 is 5.91 Å². The van der Waals surface area contributed by atoms with Crippen molar-refractivity contribution in [1.29, 1.82) is 0 Å². The Balaban J connectivity index is 2.10. The summed E-state index contributed by atoms with van der Waals surface area (Å²) in [6, 6.07) is 10.3. The van der Waals surface area contributed by atoms with Crippen LogP contribution in [0.25, 0.3) is 0 Å². The zero-order chi connectivity index (χ0) is 16.7. The number of carbonyl (C=O) groups excluding carboxylic acids is 1. The quantitative estimate of drug-likeness (QED) is 0.700. The molecular formula is C19H25N3O. The Labute approximate surface area is 138 Å². The van der Waals surface area contributed by atoms with E-state index in [-0.39, 0.29) is 5.91 Å². The Morgan fingerprint density at radius 2 is 2.09 bits per heavy atom. The molecule has 0 spiro atoms. The van der Waals surface area contributed by atoms with Crippen molar-refractivity contribution in [3.63, 3.8) is 0 Å².